The summed E-state index contributed by atoms with van der Waals surface area (Å²) in [5, 5.41) is 5.62. The second-order valence-electron chi connectivity index (χ2n) is 4.37. The number of oxime groups is 1. The summed E-state index contributed by atoms with van der Waals surface area (Å²) in [6.07, 6.45) is 0.825. The predicted molar refractivity (Wildman–Crippen MR) is 74.2 cm³/mol. The molecule has 8 heteroatoms. The Hall–Kier alpha value is -2.77. The van der Waals surface area contributed by atoms with Crippen LogP contribution in [0.1, 0.15) is 17.3 Å². The zero-order valence-corrected chi connectivity index (χ0v) is 11.9. The Labute approximate surface area is 124 Å². The van der Waals surface area contributed by atoms with E-state index in [1.54, 1.807) is 13.8 Å². The van der Waals surface area contributed by atoms with Crippen molar-refractivity contribution in [1.82, 2.24) is 4.98 Å². The molecule has 0 fully saturated rings. The highest BCUT2D eigenvalue weighted by Crippen LogP contribution is 2.14. The Morgan fingerprint density at radius 3 is 2.86 bits per heavy atom. The van der Waals surface area contributed by atoms with Crippen molar-refractivity contribution in [1.29, 1.82) is 0 Å². The third-order valence-electron chi connectivity index (χ3n) is 2.69. The van der Waals surface area contributed by atoms with Crippen molar-refractivity contribution in [2.45, 2.75) is 20.5 Å². The number of rotatable bonds is 5. The number of oxazole rings is 1. The van der Waals surface area contributed by atoms with Gasteiger partial charge in [0, 0.05) is 6.07 Å². The molecule has 0 radical (unpaired) electrons. The van der Waals surface area contributed by atoms with Crippen LogP contribution in [0.4, 0.5) is 14.5 Å². The van der Waals surface area contributed by atoms with Gasteiger partial charge < -0.3 is 14.6 Å². The SMILES string of the molecule is Cc1nc(CON=CC(=O)Nc2ccc(F)cc2F)oc1C. The van der Waals surface area contributed by atoms with Gasteiger partial charge >= 0.3 is 0 Å². The van der Waals surface area contributed by atoms with Crippen molar-refractivity contribution in [2.75, 3.05) is 5.32 Å². The molecule has 116 valence electrons. The smallest absolute Gasteiger partial charge is 0.270 e. The highest BCUT2D eigenvalue weighted by Gasteiger charge is 2.07. The van der Waals surface area contributed by atoms with Crippen LogP contribution in [0.3, 0.4) is 0 Å². The number of nitrogens with one attached hydrogen (secondary N) is 1. The summed E-state index contributed by atoms with van der Waals surface area (Å²) >= 11 is 0. The van der Waals surface area contributed by atoms with Crippen LogP contribution in [0.25, 0.3) is 0 Å². The quantitative estimate of drug-likeness (QED) is 0.680. The number of halogens is 2. The normalized spacial score (nSPS) is 10.9. The van der Waals surface area contributed by atoms with Crippen LogP contribution < -0.4 is 5.32 Å². The summed E-state index contributed by atoms with van der Waals surface area (Å²) in [6.45, 7) is 3.51. The Kier molecular flexibility index (Phi) is 4.82. The van der Waals surface area contributed by atoms with Crippen LogP contribution in [0.15, 0.2) is 27.8 Å². The summed E-state index contributed by atoms with van der Waals surface area (Å²) in [4.78, 5) is 20.4. The first kappa shape index (κ1) is 15.6. The van der Waals surface area contributed by atoms with Crippen molar-refractivity contribution in [3.63, 3.8) is 0 Å². The number of carbonyl (C=O) groups excluding carboxylic acids is 1. The van der Waals surface area contributed by atoms with Crippen molar-refractivity contribution < 1.29 is 22.8 Å². The molecule has 1 N–H and O–H groups in total. The average Bonchev–Trinajstić information content (AvgIpc) is 2.77. The first-order chi connectivity index (χ1) is 10.5. The molecule has 0 atom stereocenters. The third-order valence-corrected chi connectivity index (χ3v) is 2.69. The topological polar surface area (TPSA) is 76.7 Å². The lowest BCUT2D eigenvalue weighted by atomic mass is 10.3. The monoisotopic (exact) mass is 309 g/mol. The van der Waals surface area contributed by atoms with Gasteiger partial charge in [-0.05, 0) is 26.0 Å². The molecule has 0 bridgehead atoms. The summed E-state index contributed by atoms with van der Waals surface area (Å²) in [5.74, 6) is -1.33. The van der Waals surface area contributed by atoms with E-state index in [1.807, 2.05) is 0 Å². The number of nitrogens with zero attached hydrogens (tertiary/aromatic N) is 2. The Morgan fingerprint density at radius 1 is 1.45 bits per heavy atom. The molecule has 1 amide bonds. The fourth-order valence-electron chi connectivity index (χ4n) is 1.53. The van der Waals surface area contributed by atoms with Crippen molar-refractivity contribution >= 4 is 17.8 Å². The van der Waals surface area contributed by atoms with Crippen LogP contribution in [0.2, 0.25) is 0 Å². The van der Waals surface area contributed by atoms with E-state index in [2.05, 4.69) is 15.5 Å². The molecule has 0 aliphatic heterocycles. The maximum atomic E-state index is 13.3. The number of anilines is 1. The van der Waals surface area contributed by atoms with Crippen molar-refractivity contribution in [3.8, 4) is 0 Å². The number of carbonyl (C=O) groups is 1. The Balaban J connectivity index is 1.83. The second kappa shape index (κ2) is 6.79. The van der Waals surface area contributed by atoms with Gasteiger partial charge in [-0.2, -0.15) is 0 Å². The number of amides is 1. The molecule has 2 aromatic rings. The largest absolute Gasteiger partial charge is 0.442 e. The molecule has 0 unspecified atom stereocenters. The van der Waals surface area contributed by atoms with Gasteiger partial charge in [-0.25, -0.2) is 13.8 Å². The van der Waals surface area contributed by atoms with E-state index < -0.39 is 17.5 Å². The van der Waals surface area contributed by atoms with E-state index in [1.165, 1.54) is 0 Å². The van der Waals surface area contributed by atoms with E-state index in [4.69, 9.17) is 9.25 Å². The van der Waals surface area contributed by atoms with Gasteiger partial charge in [0.15, 0.2) is 6.61 Å². The third kappa shape index (κ3) is 4.11. The molecule has 6 nitrogen and oxygen atoms in total. The van der Waals surface area contributed by atoms with E-state index in [0.717, 1.165) is 24.0 Å². The number of hydrogen-bond acceptors (Lipinski definition) is 5. The summed E-state index contributed by atoms with van der Waals surface area (Å²) in [5.41, 5.74) is 0.587. The summed E-state index contributed by atoms with van der Waals surface area (Å²) < 4.78 is 31.3. The molecule has 0 saturated heterocycles. The highest BCUT2D eigenvalue weighted by atomic mass is 19.1. The second-order valence-corrected chi connectivity index (χ2v) is 4.37. The fraction of sp³-hybridized carbons (Fsp3) is 0.214. The van der Waals surface area contributed by atoms with E-state index >= 15 is 0 Å². The van der Waals surface area contributed by atoms with Gasteiger partial charge in [-0.1, -0.05) is 5.16 Å². The lowest BCUT2D eigenvalue weighted by Crippen LogP contribution is -2.14. The van der Waals surface area contributed by atoms with Gasteiger partial charge in [0.25, 0.3) is 5.91 Å². The molecule has 1 aromatic heterocycles. The molecule has 2 rings (SSSR count). The lowest BCUT2D eigenvalue weighted by Gasteiger charge is -2.02. The minimum Gasteiger partial charge on any atom is -0.442 e. The molecule has 0 aliphatic rings. The zero-order valence-electron chi connectivity index (χ0n) is 11.9. The van der Waals surface area contributed by atoms with Gasteiger partial charge in [0.05, 0.1) is 11.4 Å². The average molecular weight is 309 g/mol. The van der Waals surface area contributed by atoms with Crippen LogP contribution in [0.5, 0.6) is 0 Å². The molecule has 1 aromatic carbocycles. The molecular weight excluding hydrogens is 296 g/mol. The maximum Gasteiger partial charge on any atom is 0.270 e. The zero-order chi connectivity index (χ0) is 16.1. The molecule has 22 heavy (non-hydrogen) atoms. The highest BCUT2D eigenvalue weighted by molar-refractivity contribution is 6.31. The Morgan fingerprint density at radius 2 is 2.23 bits per heavy atom. The summed E-state index contributed by atoms with van der Waals surface area (Å²) in [7, 11) is 0. The summed E-state index contributed by atoms with van der Waals surface area (Å²) in [6, 6.07) is 2.80. The van der Waals surface area contributed by atoms with Crippen LogP contribution >= 0.6 is 0 Å². The Bertz CT molecular complexity index is 694. The van der Waals surface area contributed by atoms with E-state index in [0.29, 0.717) is 17.7 Å². The van der Waals surface area contributed by atoms with Gasteiger partial charge in [-0.3, -0.25) is 4.79 Å². The molecule has 0 saturated carbocycles. The van der Waals surface area contributed by atoms with Gasteiger partial charge in [-0.15, -0.1) is 0 Å². The van der Waals surface area contributed by atoms with Crippen molar-refractivity contribution in [3.05, 3.63) is 47.2 Å². The molecule has 1 heterocycles. The number of aryl methyl sites for hydroxylation is 2. The van der Waals surface area contributed by atoms with Crippen LogP contribution in [-0.4, -0.2) is 17.1 Å². The molecule has 0 aliphatic carbocycles. The minimum atomic E-state index is -0.881. The molecular formula is C14H13F2N3O3. The van der Waals surface area contributed by atoms with Crippen molar-refractivity contribution in [2.24, 2.45) is 5.16 Å². The molecule has 0 spiro atoms. The first-order valence-electron chi connectivity index (χ1n) is 6.30. The minimum absolute atomic E-state index is 0.0383. The maximum absolute atomic E-state index is 13.3. The first-order valence-corrected chi connectivity index (χ1v) is 6.30. The van der Waals surface area contributed by atoms with Crippen LogP contribution in [-0.2, 0) is 16.2 Å². The predicted octanol–water partition coefficient (Wildman–Crippen LogP) is 2.71. The number of aromatic nitrogens is 1. The number of hydrogen-bond donors (Lipinski definition) is 1. The van der Waals surface area contributed by atoms with E-state index in [-0.39, 0.29) is 12.3 Å². The standard InChI is InChI=1S/C14H13F2N3O3/c1-8-9(2)22-14(18-8)7-21-17-6-13(20)19-12-4-3-10(15)5-11(12)16/h3-6H,7H2,1-2H3,(H,19,20). The van der Waals surface area contributed by atoms with E-state index in [9.17, 15) is 13.6 Å². The van der Waals surface area contributed by atoms with Gasteiger partial charge in [0.1, 0.15) is 23.6 Å². The number of benzene rings is 1. The van der Waals surface area contributed by atoms with Gasteiger partial charge in [0.2, 0.25) is 5.89 Å². The lowest BCUT2D eigenvalue weighted by molar-refractivity contribution is -0.110. The van der Waals surface area contributed by atoms with Crippen LogP contribution in [0, 0.1) is 25.5 Å². The fourth-order valence-corrected chi connectivity index (χ4v) is 1.53.